The second-order valence-electron chi connectivity index (χ2n) is 5.79. The van der Waals surface area contributed by atoms with Crippen LogP contribution in [0.3, 0.4) is 0 Å². The van der Waals surface area contributed by atoms with E-state index in [2.05, 4.69) is 20.2 Å². The first-order valence-electron chi connectivity index (χ1n) is 8.25. The van der Waals surface area contributed by atoms with Gasteiger partial charge in [0.2, 0.25) is 5.95 Å². The van der Waals surface area contributed by atoms with Gasteiger partial charge in [-0.25, -0.2) is 9.97 Å². The van der Waals surface area contributed by atoms with E-state index in [-0.39, 0.29) is 5.91 Å². The van der Waals surface area contributed by atoms with Gasteiger partial charge in [0.05, 0.1) is 7.11 Å². The molecule has 1 fully saturated rings. The molecule has 2 heterocycles. The lowest BCUT2D eigenvalue weighted by atomic mass is 10.1. The van der Waals surface area contributed by atoms with Crippen LogP contribution in [-0.4, -0.2) is 42.6 Å². The van der Waals surface area contributed by atoms with Gasteiger partial charge in [0.25, 0.3) is 5.91 Å². The van der Waals surface area contributed by atoms with Crippen LogP contribution < -0.4 is 15.0 Å². The molecule has 0 radical (unpaired) electrons. The van der Waals surface area contributed by atoms with E-state index < -0.39 is 0 Å². The maximum atomic E-state index is 12.3. The number of anilines is 1. The van der Waals surface area contributed by atoms with E-state index in [1.54, 1.807) is 19.4 Å². The number of carbonyl (C=O) groups excluding carboxylic acids is 1. The van der Waals surface area contributed by atoms with Crippen LogP contribution in [0.1, 0.15) is 28.9 Å². The lowest BCUT2D eigenvalue weighted by Gasteiger charge is -2.15. The van der Waals surface area contributed by atoms with Gasteiger partial charge >= 0.3 is 0 Å². The van der Waals surface area contributed by atoms with E-state index in [0.29, 0.717) is 18.2 Å². The van der Waals surface area contributed by atoms with Crippen molar-refractivity contribution in [2.45, 2.75) is 19.3 Å². The molecule has 0 spiro atoms. The highest BCUT2D eigenvalue weighted by Crippen LogP contribution is 2.15. The average molecular weight is 326 g/mol. The van der Waals surface area contributed by atoms with Crippen LogP contribution in [0.5, 0.6) is 5.75 Å². The van der Waals surface area contributed by atoms with E-state index in [1.807, 2.05) is 24.3 Å². The quantitative estimate of drug-likeness (QED) is 0.880. The van der Waals surface area contributed by atoms with Gasteiger partial charge in [-0.3, -0.25) is 4.79 Å². The summed E-state index contributed by atoms with van der Waals surface area (Å²) in [6.45, 7) is 2.47. The van der Waals surface area contributed by atoms with Crippen molar-refractivity contribution in [3.8, 4) is 5.75 Å². The first-order valence-corrected chi connectivity index (χ1v) is 8.25. The summed E-state index contributed by atoms with van der Waals surface area (Å²) in [4.78, 5) is 23.1. The largest absolute Gasteiger partial charge is 0.497 e. The van der Waals surface area contributed by atoms with Gasteiger partial charge in [0.15, 0.2) is 0 Å². The molecule has 0 saturated carbocycles. The highest BCUT2D eigenvalue weighted by Gasteiger charge is 2.16. The molecule has 0 bridgehead atoms. The van der Waals surface area contributed by atoms with Crippen LogP contribution in [0.15, 0.2) is 36.5 Å². The number of nitrogens with zero attached hydrogens (tertiary/aromatic N) is 3. The molecular weight excluding hydrogens is 304 g/mol. The Morgan fingerprint density at radius 2 is 2.12 bits per heavy atom. The van der Waals surface area contributed by atoms with E-state index in [4.69, 9.17) is 4.74 Å². The Morgan fingerprint density at radius 1 is 1.29 bits per heavy atom. The molecule has 0 atom stereocenters. The second kappa shape index (κ2) is 7.77. The van der Waals surface area contributed by atoms with Crippen molar-refractivity contribution in [1.29, 1.82) is 0 Å². The number of amides is 1. The SMILES string of the molecule is COc1cccc(CCNC(=O)c2ccnc(N3CCCC3)n2)c1. The fourth-order valence-corrected chi connectivity index (χ4v) is 2.78. The molecule has 1 aliphatic rings. The molecule has 0 unspecified atom stereocenters. The number of aromatic nitrogens is 2. The third-order valence-electron chi connectivity index (χ3n) is 4.10. The molecule has 1 aliphatic heterocycles. The van der Waals surface area contributed by atoms with Crippen molar-refractivity contribution >= 4 is 11.9 Å². The number of hydrogen-bond acceptors (Lipinski definition) is 5. The molecule has 24 heavy (non-hydrogen) atoms. The maximum Gasteiger partial charge on any atom is 0.270 e. The second-order valence-corrected chi connectivity index (χ2v) is 5.79. The molecular formula is C18H22N4O2. The molecule has 1 saturated heterocycles. The summed E-state index contributed by atoms with van der Waals surface area (Å²) in [6, 6.07) is 9.50. The van der Waals surface area contributed by atoms with Crippen molar-refractivity contribution < 1.29 is 9.53 Å². The Hall–Kier alpha value is -2.63. The summed E-state index contributed by atoms with van der Waals surface area (Å²) in [6.07, 6.45) is 4.70. The summed E-state index contributed by atoms with van der Waals surface area (Å²) in [5.41, 5.74) is 1.53. The Labute approximate surface area is 141 Å². The standard InChI is InChI=1S/C18H22N4O2/c1-24-15-6-4-5-14(13-15)7-9-19-17(23)16-8-10-20-18(21-16)22-11-2-3-12-22/h4-6,8,10,13H,2-3,7,9,11-12H2,1H3,(H,19,23). The number of nitrogens with one attached hydrogen (secondary N) is 1. The smallest absolute Gasteiger partial charge is 0.270 e. The predicted octanol–water partition coefficient (Wildman–Crippen LogP) is 2.06. The van der Waals surface area contributed by atoms with Crippen LogP contribution in [-0.2, 0) is 6.42 Å². The zero-order valence-electron chi connectivity index (χ0n) is 13.9. The van der Waals surface area contributed by atoms with Gasteiger partial charge in [-0.1, -0.05) is 12.1 Å². The fourth-order valence-electron chi connectivity index (χ4n) is 2.78. The number of hydrogen-bond donors (Lipinski definition) is 1. The molecule has 1 aromatic carbocycles. The predicted molar refractivity (Wildman–Crippen MR) is 92.5 cm³/mol. The monoisotopic (exact) mass is 326 g/mol. The number of methoxy groups -OCH3 is 1. The van der Waals surface area contributed by atoms with E-state index in [9.17, 15) is 4.79 Å². The molecule has 1 N–H and O–H groups in total. The normalized spacial score (nSPS) is 13.8. The van der Waals surface area contributed by atoms with E-state index >= 15 is 0 Å². The molecule has 6 heteroatoms. The summed E-state index contributed by atoms with van der Waals surface area (Å²) in [5, 5.41) is 2.91. The number of benzene rings is 1. The number of carbonyl (C=O) groups is 1. The molecule has 2 aromatic rings. The molecule has 126 valence electrons. The molecule has 1 amide bonds. The van der Waals surface area contributed by atoms with Crippen molar-refractivity contribution in [3.05, 3.63) is 47.8 Å². The summed E-state index contributed by atoms with van der Waals surface area (Å²) < 4.78 is 5.20. The minimum absolute atomic E-state index is 0.166. The summed E-state index contributed by atoms with van der Waals surface area (Å²) >= 11 is 0. The highest BCUT2D eigenvalue weighted by atomic mass is 16.5. The molecule has 3 rings (SSSR count). The highest BCUT2D eigenvalue weighted by molar-refractivity contribution is 5.92. The summed E-state index contributed by atoms with van der Waals surface area (Å²) in [5.74, 6) is 1.30. The Balaban J connectivity index is 1.55. The van der Waals surface area contributed by atoms with Crippen molar-refractivity contribution in [1.82, 2.24) is 15.3 Å². The van der Waals surface area contributed by atoms with Crippen LogP contribution in [0.4, 0.5) is 5.95 Å². The van der Waals surface area contributed by atoms with Crippen molar-refractivity contribution in [2.75, 3.05) is 31.6 Å². The van der Waals surface area contributed by atoms with Crippen LogP contribution in [0.2, 0.25) is 0 Å². The van der Waals surface area contributed by atoms with Gasteiger partial charge in [0.1, 0.15) is 11.4 Å². The van der Waals surface area contributed by atoms with Gasteiger partial charge in [0, 0.05) is 25.8 Å². The Bertz CT molecular complexity index is 699. The zero-order valence-corrected chi connectivity index (χ0v) is 13.9. The van der Waals surface area contributed by atoms with Gasteiger partial charge < -0.3 is 15.0 Å². The maximum absolute atomic E-state index is 12.3. The summed E-state index contributed by atoms with van der Waals surface area (Å²) in [7, 11) is 1.65. The number of rotatable bonds is 6. The van der Waals surface area contributed by atoms with Crippen LogP contribution in [0, 0.1) is 0 Å². The lowest BCUT2D eigenvalue weighted by molar-refractivity contribution is 0.0949. The van der Waals surface area contributed by atoms with Crippen molar-refractivity contribution in [2.24, 2.45) is 0 Å². The van der Waals surface area contributed by atoms with Gasteiger partial charge in [-0.15, -0.1) is 0 Å². The first-order chi connectivity index (χ1) is 11.8. The minimum atomic E-state index is -0.166. The third-order valence-corrected chi connectivity index (χ3v) is 4.10. The molecule has 0 aliphatic carbocycles. The van der Waals surface area contributed by atoms with Crippen LogP contribution >= 0.6 is 0 Å². The van der Waals surface area contributed by atoms with E-state index in [1.165, 1.54) is 0 Å². The average Bonchev–Trinajstić information content (AvgIpc) is 3.17. The Morgan fingerprint density at radius 3 is 2.92 bits per heavy atom. The van der Waals surface area contributed by atoms with Gasteiger partial charge in [-0.2, -0.15) is 0 Å². The van der Waals surface area contributed by atoms with E-state index in [0.717, 1.165) is 43.7 Å². The molecule has 6 nitrogen and oxygen atoms in total. The fraction of sp³-hybridized carbons (Fsp3) is 0.389. The molecule has 1 aromatic heterocycles. The lowest BCUT2D eigenvalue weighted by Crippen LogP contribution is -2.28. The van der Waals surface area contributed by atoms with Crippen LogP contribution in [0.25, 0.3) is 0 Å². The first kappa shape index (κ1) is 16.2. The topological polar surface area (TPSA) is 67.3 Å². The Kier molecular flexibility index (Phi) is 5.25. The van der Waals surface area contributed by atoms with Gasteiger partial charge in [-0.05, 0) is 43.0 Å². The zero-order chi connectivity index (χ0) is 16.8. The number of ether oxygens (including phenoxy) is 1. The minimum Gasteiger partial charge on any atom is -0.497 e. The third kappa shape index (κ3) is 4.01. The van der Waals surface area contributed by atoms with Crippen molar-refractivity contribution in [3.63, 3.8) is 0 Å².